The molecular weight excluding hydrogens is 474 g/mol. The molecule has 4 aromatic rings. The first-order valence-electron chi connectivity index (χ1n) is 13.6. The molecule has 0 radical (unpaired) electrons. The maximum atomic E-state index is 3.36. The Labute approximate surface area is 219 Å². The summed E-state index contributed by atoms with van der Waals surface area (Å²) < 4.78 is 0. The Hall–Kier alpha value is -2.14. The Balaban J connectivity index is 1.51. The van der Waals surface area contributed by atoms with Gasteiger partial charge >= 0.3 is 0 Å². The van der Waals surface area contributed by atoms with Gasteiger partial charge in [0.1, 0.15) is 0 Å². The first-order chi connectivity index (χ1) is 17.6. The van der Waals surface area contributed by atoms with Crippen molar-refractivity contribution in [2.45, 2.75) is 42.7 Å². The van der Waals surface area contributed by atoms with E-state index in [-0.39, 0.29) is 10.6 Å². The third-order valence-corrected chi connectivity index (χ3v) is 11.5. The number of H-pyrrole nitrogens is 2. The van der Waals surface area contributed by atoms with E-state index in [0.29, 0.717) is 0 Å². The number of aromatic nitrogens is 2. The van der Waals surface area contributed by atoms with Crippen molar-refractivity contribution in [2.75, 3.05) is 6.16 Å². The van der Waals surface area contributed by atoms with Gasteiger partial charge < -0.3 is 9.97 Å². The predicted octanol–water partition coefficient (Wildman–Crippen LogP) is 7.75. The molecular formula is C32H36N2P2. The van der Waals surface area contributed by atoms with Crippen molar-refractivity contribution in [3.8, 4) is 11.1 Å². The van der Waals surface area contributed by atoms with Crippen molar-refractivity contribution < 1.29 is 0 Å². The van der Waals surface area contributed by atoms with E-state index < -0.39 is 0 Å². The second kappa shape index (κ2) is 8.72. The van der Waals surface area contributed by atoms with Gasteiger partial charge in [-0.15, -0.1) is 18.5 Å². The molecule has 2 N–H and O–H groups in total. The number of rotatable bonds is 6. The molecule has 0 spiro atoms. The summed E-state index contributed by atoms with van der Waals surface area (Å²) in [5, 5.41) is -0.325. The highest BCUT2D eigenvalue weighted by atomic mass is 31.0. The van der Waals surface area contributed by atoms with Gasteiger partial charge in [-0.25, -0.2) is 0 Å². The van der Waals surface area contributed by atoms with Crippen molar-refractivity contribution in [1.82, 2.24) is 9.97 Å². The fourth-order valence-electron chi connectivity index (χ4n) is 8.71. The third kappa shape index (κ3) is 3.37. The van der Waals surface area contributed by atoms with Crippen LogP contribution in [-0.4, -0.2) is 16.1 Å². The summed E-state index contributed by atoms with van der Waals surface area (Å²) in [4.78, 5) is 6.72. The van der Waals surface area contributed by atoms with Crippen molar-refractivity contribution in [3.63, 3.8) is 0 Å². The van der Waals surface area contributed by atoms with E-state index in [1.54, 1.807) is 5.56 Å². The molecule has 4 heteroatoms. The standard InChI is InChI=1S/C32H36N2P2/c35-20-30-25-13-21-12-22(14-25)17-31(30,16-21)28-7-6-24(23-4-2-1-3-5-23)15-29(28)32(36,26-8-10-33-18-26)27-9-11-34-19-27/h1-11,15,18-19,21-22,25,30,33-34H,12-14,16-17,20,35-36H2. The maximum Gasteiger partial charge on any atom is 0.0624 e. The summed E-state index contributed by atoms with van der Waals surface area (Å²) >= 11 is 0. The van der Waals surface area contributed by atoms with Crippen molar-refractivity contribution in [1.29, 1.82) is 0 Å². The first-order valence-corrected chi connectivity index (χ1v) is 15.0. The molecule has 0 aliphatic heterocycles. The summed E-state index contributed by atoms with van der Waals surface area (Å²) in [6, 6.07) is 22.9. The largest absolute Gasteiger partial charge is 0.367 e. The second-order valence-corrected chi connectivity index (χ2v) is 13.1. The molecule has 4 aliphatic rings. The first kappa shape index (κ1) is 23.0. The van der Waals surface area contributed by atoms with Crippen LogP contribution in [0.15, 0.2) is 85.5 Å². The third-order valence-electron chi connectivity index (χ3n) is 9.97. The van der Waals surface area contributed by atoms with Crippen LogP contribution in [0.4, 0.5) is 0 Å². The minimum atomic E-state index is -0.325. The highest BCUT2D eigenvalue weighted by Gasteiger charge is 2.58. The van der Waals surface area contributed by atoms with E-state index in [4.69, 9.17) is 0 Å². The lowest BCUT2D eigenvalue weighted by molar-refractivity contribution is -0.0522. The lowest BCUT2D eigenvalue weighted by atomic mass is 9.43. The molecule has 2 aromatic heterocycles. The van der Waals surface area contributed by atoms with Crippen LogP contribution in [0.25, 0.3) is 11.1 Å². The Bertz CT molecular complexity index is 1290. The molecule has 184 valence electrons. The number of hydrogen-bond donors (Lipinski definition) is 2. The van der Waals surface area contributed by atoms with Crippen LogP contribution in [0.2, 0.25) is 0 Å². The molecule has 8 rings (SSSR count). The topological polar surface area (TPSA) is 31.6 Å². The van der Waals surface area contributed by atoms with Gasteiger partial charge in [0.15, 0.2) is 0 Å². The molecule has 5 unspecified atom stereocenters. The molecule has 0 amide bonds. The number of nitrogens with one attached hydrogen (secondary N) is 2. The van der Waals surface area contributed by atoms with Crippen LogP contribution in [0.1, 0.15) is 54.4 Å². The number of benzene rings is 2. The lowest BCUT2D eigenvalue weighted by Gasteiger charge is -2.62. The Kier molecular flexibility index (Phi) is 5.57. The predicted molar refractivity (Wildman–Crippen MR) is 156 cm³/mol. The zero-order valence-corrected chi connectivity index (χ0v) is 23.1. The van der Waals surface area contributed by atoms with E-state index in [9.17, 15) is 0 Å². The summed E-state index contributed by atoms with van der Waals surface area (Å²) in [5.41, 5.74) is 8.52. The molecule has 36 heavy (non-hydrogen) atoms. The summed E-state index contributed by atoms with van der Waals surface area (Å²) in [6.07, 6.45) is 16.8. The van der Waals surface area contributed by atoms with Crippen LogP contribution in [-0.2, 0) is 10.6 Å². The number of hydrogen-bond acceptors (Lipinski definition) is 0. The van der Waals surface area contributed by atoms with E-state index in [2.05, 4.69) is 114 Å². The summed E-state index contributed by atoms with van der Waals surface area (Å²) in [6.45, 7) is 0. The van der Waals surface area contributed by atoms with E-state index >= 15 is 0 Å². The second-order valence-electron chi connectivity index (χ2n) is 11.7. The molecule has 4 saturated carbocycles. The maximum absolute atomic E-state index is 3.36. The molecule has 4 fully saturated rings. The fourth-order valence-corrected chi connectivity index (χ4v) is 10.1. The van der Waals surface area contributed by atoms with Crippen molar-refractivity contribution in [2.24, 2.45) is 23.7 Å². The Morgan fingerprint density at radius 1 is 0.806 bits per heavy atom. The average molecular weight is 511 g/mol. The van der Waals surface area contributed by atoms with Gasteiger partial charge in [-0.1, -0.05) is 42.5 Å². The van der Waals surface area contributed by atoms with Gasteiger partial charge in [-0.3, -0.25) is 0 Å². The van der Waals surface area contributed by atoms with E-state index in [1.807, 2.05) is 0 Å². The molecule has 5 atom stereocenters. The average Bonchev–Trinajstić information content (AvgIpc) is 3.64. The molecule has 4 aliphatic carbocycles. The normalized spacial score (nSPS) is 29.1. The van der Waals surface area contributed by atoms with Gasteiger partial charge in [0.2, 0.25) is 0 Å². The minimum Gasteiger partial charge on any atom is -0.367 e. The van der Waals surface area contributed by atoms with E-state index in [0.717, 1.165) is 23.7 Å². The molecule has 4 bridgehead atoms. The SMILES string of the molecule is PCC1C2CC3CC(C2)CC1(c1ccc(-c2ccccc2)cc1C(P)(c1cc[nH]c1)c1cc[nH]c1)C3. The number of aromatic amines is 2. The molecule has 2 aromatic carbocycles. The van der Waals surface area contributed by atoms with Gasteiger partial charge in [-0.2, -0.15) is 0 Å². The Morgan fingerprint density at radius 3 is 2.06 bits per heavy atom. The quantitative estimate of drug-likeness (QED) is 0.249. The fraction of sp³-hybridized carbons (Fsp3) is 0.375. The monoisotopic (exact) mass is 510 g/mol. The zero-order valence-electron chi connectivity index (χ0n) is 20.8. The molecule has 2 heterocycles. The van der Waals surface area contributed by atoms with Crippen LogP contribution >= 0.6 is 18.5 Å². The van der Waals surface area contributed by atoms with Crippen LogP contribution < -0.4 is 0 Å². The minimum absolute atomic E-state index is 0.273. The Morgan fingerprint density at radius 2 is 1.47 bits per heavy atom. The van der Waals surface area contributed by atoms with Crippen LogP contribution in [0.5, 0.6) is 0 Å². The van der Waals surface area contributed by atoms with Gasteiger partial charge in [-0.05, 0) is 119 Å². The molecule has 2 nitrogen and oxygen atoms in total. The lowest BCUT2D eigenvalue weighted by Crippen LogP contribution is -2.56. The van der Waals surface area contributed by atoms with Gasteiger partial charge in [0.25, 0.3) is 0 Å². The van der Waals surface area contributed by atoms with Crippen molar-refractivity contribution in [3.05, 3.63) is 108 Å². The van der Waals surface area contributed by atoms with Gasteiger partial charge in [0, 0.05) is 24.8 Å². The van der Waals surface area contributed by atoms with Gasteiger partial charge in [0.05, 0.1) is 5.16 Å². The summed E-state index contributed by atoms with van der Waals surface area (Å²) in [5.74, 6) is 3.43. The highest BCUT2D eigenvalue weighted by Crippen LogP contribution is 2.65. The van der Waals surface area contributed by atoms with Crippen LogP contribution in [0.3, 0.4) is 0 Å². The van der Waals surface area contributed by atoms with Crippen LogP contribution in [0, 0.1) is 23.7 Å². The van der Waals surface area contributed by atoms with Crippen molar-refractivity contribution >= 4 is 18.5 Å². The summed E-state index contributed by atoms with van der Waals surface area (Å²) in [7, 11) is 6.47. The molecule has 0 saturated heterocycles. The zero-order chi connectivity index (χ0) is 24.3. The smallest absolute Gasteiger partial charge is 0.0624 e. The highest BCUT2D eigenvalue weighted by molar-refractivity contribution is 7.19. The van der Waals surface area contributed by atoms with E-state index in [1.165, 1.54) is 66.1 Å².